The van der Waals surface area contributed by atoms with Crippen molar-refractivity contribution < 1.29 is 5.11 Å². The maximum absolute atomic E-state index is 10.00. The average molecular weight is 223 g/mol. The van der Waals surface area contributed by atoms with Crippen molar-refractivity contribution in [3.05, 3.63) is 18.0 Å². The van der Waals surface area contributed by atoms with Gasteiger partial charge in [0.2, 0.25) is 0 Å². The van der Waals surface area contributed by atoms with Crippen molar-refractivity contribution in [3.63, 3.8) is 0 Å². The molecule has 2 heterocycles. The molecule has 4 nitrogen and oxygen atoms in total. The van der Waals surface area contributed by atoms with Gasteiger partial charge in [-0.15, -0.1) is 0 Å². The first-order valence-electron chi connectivity index (χ1n) is 5.98. The Hall–Kier alpha value is -0.870. The van der Waals surface area contributed by atoms with E-state index in [1.165, 1.54) is 0 Å². The van der Waals surface area contributed by atoms with Crippen LogP contribution in [0.5, 0.6) is 0 Å². The van der Waals surface area contributed by atoms with Gasteiger partial charge in [0.15, 0.2) is 0 Å². The maximum atomic E-state index is 10.00. The minimum Gasteiger partial charge on any atom is -0.390 e. The molecule has 1 aromatic rings. The second-order valence-electron chi connectivity index (χ2n) is 5.11. The Balaban J connectivity index is 1.91. The van der Waals surface area contributed by atoms with Crippen LogP contribution in [0, 0.1) is 0 Å². The summed E-state index contributed by atoms with van der Waals surface area (Å²) in [4.78, 5) is 2.38. The number of aliphatic hydroxyl groups is 1. The van der Waals surface area contributed by atoms with Crippen LogP contribution in [0.25, 0.3) is 0 Å². The van der Waals surface area contributed by atoms with Crippen LogP contribution in [0.3, 0.4) is 0 Å². The highest BCUT2D eigenvalue weighted by Crippen LogP contribution is 2.22. The van der Waals surface area contributed by atoms with E-state index in [9.17, 15) is 5.11 Å². The monoisotopic (exact) mass is 223 g/mol. The van der Waals surface area contributed by atoms with Crippen LogP contribution in [-0.4, -0.2) is 38.5 Å². The molecule has 1 aliphatic rings. The Morgan fingerprint density at radius 2 is 2.25 bits per heavy atom. The standard InChI is InChI=1S/C12H21N3O/c1-12(16)5-3-7-15(9-6-12)10-11-4-8-14(2)13-11/h4,8,16H,3,5-7,9-10H2,1-2H3. The molecule has 0 aliphatic carbocycles. The van der Waals surface area contributed by atoms with Crippen LogP contribution in [0.2, 0.25) is 0 Å². The van der Waals surface area contributed by atoms with E-state index in [2.05, 4.69) is 16.1 Å². The lowest BCUT2D eigenvalue weighted by Crippen LogP contribution is -2.28. The molecule has 1 aliphatic heterocycles. The highest BCUT2D eigenvalue weighted by Gasteiger charge is 2.24. The maximum Gasteiger partial charge on any atom is 0.0764 e. The zero-order valence-electron chi connectivity index (χ0n) is 10.2. The SMILES string of the molecule is Cn1ccc(CN2CCCC(C)(O)CC2)n1. The highest BCUT2D eigenvalue weighted by atomic mass is 16.3. The van der Waals surface area contributed by atoms with Crippen molar-refractivity contribution in [2.75, 3.05) is 13.1 Å². The molecule has 4 heteroatoms. The van der Waals surface area contributed by atoms with Gasteiger partial charge in [-0.2, -0.15) is 5.10 Å². The molecule has 90 valence electrons. The Morgan fingerprint density at radius 1 is 1.44 bits per heavy atom. The Labute approximate surface area is 96.9 Å². The minimum atomic E-state index is -0.473. The summed E-state index contributed by atoms with van der Waals surface area (Å²) in [6.07, 6.45) is 4.81. The van der Waals surface area contributed by atoms with Gasteiger partial charge in [0, 0.05) is 26.3 Å². The third-order valence-corrected chi connectivity index (χ3v) is 3.31. The van der Waals surface area contributed by atoms with Crippen molar-refractivity contribution in [1.82, 2.24) is 14.7 Å². The number of aryl methyl sites for hydroxylation is 1. The van der Waals surface area contributed by atoms with Gasteiger partial charge in [0.1, 0.15) is 0 Å². The van der Waals surface area contributed by atoms with Crippen molar-refractivity contribution in [3.8, 4) is 0 Å². The molecule has 0 bridgehead atoms. The van der Waals surface area contributed by atoms with E-state index >= 15 is 0 Å². The lowest BCUT2D eigenvalue weighted by molar-refractivity contribution is 0.0444. The Bertz CT molecular complexity index is 346. The minimum absolute atomic E-state index is 0.473. The van der Waals surface area contributed by atoms with Gasteiger partial charge >= 0.3 is 0 Å². The van der Waals surface area contributed by atoms with Gasteiger partial charge in [0.25, 0.3) is 0 Å². The van der Waals surface area contributed by atoms with Crippen LogP contribution < -0.4 is 0 Å². The van der Waals surface area contributed by atoms with E-state index in [0.29, 0.717) is 0 Å². The first-order chi connectivity index (χ1) is 7.55. The van der Waals surface area contributed by atoms with Gasteiger partial charge < -0.3 is 5.11 Å². The van der Waals surface area contributed by atoms with Crippen molar-refractivity contribution in [1.29, 1.82) is 0 Å². The number of hydrogen-bond acceptors (Lipinski definition) is 3. The zero-order valence-corrected chi connectivity index (χ0v) is 10.2. The smallest absolute Gasteiger partial charge is 0.0764 e. The fourth-order valence-corrected chi connectivity index (χ4v) is 2.25. The van der Waals surface area contributed by atoms with Crippen molar-refractivity contribution in [2.24, 2.45) is 7.05 Å². The van der Waals surface area contributed by atoms with Crippen LogP contribution >= 0.6 is 0 Å². The predicted octanol–water partition coefficient (Wildman–Crippen LogP) is 1.16. The van der Waals surface area contributed by atoms with Gasteiger partial charge in [0.05, 0.1) is 11.3 Å². The van der Waals surface area contributed by atoms with Gasteiger partial charge in [-0.25, -0.2) is 0 Å². The first kappa shape index (κ1) is 11.6. The molecular formula is C12H21N3O. The van der Waals surface area contributed by atoms with E-state index < -0.39 is 5.60 Å². The number of hydrogen-bond donors (Lipinski definition) is 1. The van der Waals surface area contributed by atoms with E-state index in [1.807, 2.05) is 24.9 Å². The van der Waals surface area contributed by atoms with Crippen molar-refractivity contribution in [2.45, 2.75) is 38.3 Å². The Morgan fingerprint density at radius 3 is 2.94 bits per heavy atom. The molecule has 1 atom stereocenters. The molecule has 2 rings (SSSR count). The van der Waals surface area contributed by atoms with Gasteiger partial charge in [-0.3, -0.25) is 9.58 Å². The normalized spacial score (nSPS) is 27.9. The molecule has 0 radical (unpaired) electrons. The number of aromatic nitrogens is 2. The molecule has 0 aromatic carbocycles. The Kier molecular flexibility index (Phi) is 3.30. The largest absolute Gasteiger partial charge is 0.390 e. The van der Waals surface area contributed by atoms with E-state index in [4.69, 9.17) is 0 Å². The molecule has 16 heavy (non-hydrogen) atoms. The molecule has 1 aromatic heterocycles. The summed E-state index contributed by atoms with van der Waals surface area (Å²) < 4.78 is 1.84. The summed E-state index contributed by atoms with van der Waals surface area (Å²) >= 11 is 0. The lowest BCUT2D eigenvalue weighted by Gasteiger charge is -2.21. The molecule has 0 saturated carbocycles. The fraction of sp³-hybridized carbons (Fsp3) is 0.750. The molecule has 0 amide bonds. The summed E-state index contributed by atoms with van der Waals surface area (Å²) in [6, 6.07) is 2.06. The van der Waals surface area contributed by atoms with E-state index in [1.54, 1.807) is 0 Å². The summed E-state index contributed by atoms with van der Waals surface area (Å²) in [5, 5.41) is 14.4. The second-order valence-corrected chi connectivity index (χ2v) is 5.11. The quantitative estimate of drug-likeness (QED) is 0.818. The topological polar surface area (TPSA) is 41.3 Å². The number of nitrogens with zero attached hydrogens (tertiary/aromatic N) is 3. The van der Waals surface area contributed by atoms with Crippen LogP contribution in [-0.2, 0) is 13.6 Å². The van der Waals surface area contributed by atoms with E-state index in [0.717, 1.165) is 44.6 Å². The summed E-state index contributed by atoms with van der Waals surface area (Å²) in [5.41, 5.74) is 0.642. The molecule has 1 fully saturated rings. The van der Waals surface area contributed by atoms with Crippen LogP contribution in [0.15, 0.2) is 12.3 Å². The fourth-order valence-electron chi connectivity index (χ4n) is 2.25. The molecule has 1 unspecified atom stereocenters. The zero-order chi connectivity index (χ0) is 11.6. The number of rotatable bonds is 2. The summed E-state index contributed by atoms with van der Waals surface area (Å²) in [5.74, 6) is 0. The van der Waals surface area contributed by atoms with Gasteiger partial charge in [-0.05, 0) is 38.8 Å². The third kappa shape index (κ3) is 3.06. The van der Waals surface area contributed by atoms with Crippen molar-refractivity contribution >= 4 is 0 Å². The van der Waals surface area contributed by atoms with E-state index in [-0.39, 0.29) is 0 Å². The third-order valence-electron chi connectivity index (χ3n) is 3.31. The molecule has 0 spiro atoms. The summed E-state index contributed by atoms with van der Waals surface area (Å²) in [6.45, 7) is 4.87. The molecule has 1 N–H and O–H groups in total. The first-order valence-corrected chi connectivity index (χ1v) is 5.98. The van der Waals surface area contributed by atoms with Crippen LogP contribution in [0.4, 0.5) is 0 Å². The molecule has 1 saturated heterocycles. The highest BCUT2D eigenvalue weighted by molar-refractivity contribution is 4.98. The molecular weight excluding hydrogens is 202 g/mol. The van der Waals surface area contributed by atoms with Gasteiger partial charge in [-0.1, -0.05) is 0 Å². The summed E-state index contributed by atoms with van der Waals surface area (Å²) in [7, 11) is 1.94. The number of likely N-dealkylation sites (tertiary alicyclic amines) is 1. The lowest BCUT2D eigenvalue weighted by atomic mass is 9.98. The predicted molar refractivity (Wildman–Crippen MR) is 63.0 cm³/mol. The van der Waals surface area contributed by atoms with Crippen LogP contribution in [0.1, 0.15) is 31.9 Å². The second kappa shape index (κ2) is 4.55. The average Bonchev–Trinajstić information content (AvgIpc) is 2.52.